The Morgan fingerprint density at radius 3 is 2.56 bits per heavy atom. The number of likely N-dealkylation sites (N-methyl/N-ethyl adjacent to an activating group) is 1. The van der Waals surface area contributed by atoms with E-state index in [-0.39, 0.29) is 31.6 Å². The van der Waals surface area contributed by atoms with Crippen molar-refractivity contribution in [3.8, 4) is 0 Å². The molecule has 32 heavy (non-hydrogen) atoms. The van der Waals surface area contributed by atoms with Gasteiger partial charge < -0.3 is 30.8 Å². The maximum atomic E-state index is 12.9. The Kier molecular flexibility index (Phi) is 12.2. The molecule has 0 aliphatic carbocycles. The zero-order chi connectivity index (χ0) is 24.1. The normalized spacial score (nSPS) is 18.8. The lowest BCUT2D eigenvalue weighted by Crippen LogP contribution is -2.60. The summed E-state index contributed by atoms with van der Waals surface area (Å²) in [5, 5.41) is 10.7. The van der Waals surface area contributed by atoms with Crippen molar-refractivity contribution in [3.05, 3.63) is 0 Å². The molecule has 4 N–H and O–H groups in total. The van der Waals surface area contributed by atoms with Crippen molar-refractivity contribution < 1.29 is 28.7 Å². The third kappa shape index (κ3) is 9.53. The molecule has 1 saturated heterocycles. The average molecular weight is 474 g/mol. The molecule has 1 aliphatic heterocycles. The monoisotopic (exact) mass is 473 g/mol. The second kappa shape index (κ2) is 14.1. The minimum absolute atomic E-state index is 0.0115. The number of aldehydes is 1. The summed E-state index contributed by atoms with van der Waals surface area (Å²) in [5.41, 5.74) is -1.29. The van der Waals surface area contributed by atoms with Crippen molar-refractivity contribution in [2.75, 3.05) is 52.3 Å². The van der Waals surface area contributed by atoms with Gasteiger partial charge in [-0.2, -0.15) is 11.8 Å². The number of carbonyl (C=O) groups is 5. The van der Waals surface area contributed by atoms with Gasteiger partial charge in [0.25, 0.3) is 0 Å². The molecule has 0 unspecified atom stereocenters. The molecule has 0 aromatic carbocycles. The van der Waals surface area contributed by atoms with Crippen LogP contribution in [0.2, 0.25) is 0 Å². The molecule has 0 bridgehead atoms. The van der Waals surface area contributed by atoms with Gasteiger partial charge in [0, 0.05) is 6.54 Å². The SMILES string of the molecule is COC(=O)CNC(=O)CNC[C@](C)(C=O)NC(=O)[C@H](CCSC)NC(=O)[C@@H]1CCCN1C. The summed E-state index contributed by atoms with van der Waals surface area (Å²) in [6, 6.07) is -1.03. The largest absolute Gasteiger partial charge is 0.468 e. The maximum absolute atomic E-state index is 12.9. The fourth-order valence-electron chi connectivity index (χ4n) is 3.24. The minimum Gasteiger partial charge on any atom is -0.468 e. The number of hydrogen-bond acceptors (Lipinski definition) is 9. The third-order valence-corrected chi connectivity index (χ3v) is 5.81. The van der Waals surface area contributed by atoms with Gasteiger partial charge in [-0.05, 0) is 51.8 Å². The molecule has 0 aromatic heterocycles. The van der Waals surface area contributed by atoms with Gasteiger partial charge in [-0.25, -0.2) is 0 Å². The summed E-state index contributed by atoms with van der Waals surface area (Å²) < 4.78 is 4.43. The standard InChI is InChI=1S/C20H35N5O6S/c1-20(13-26,12-21-10-16(27)22-11-17(28)31-3)24-18(29)14(7-9-32-4)23-19(30)15-6-5-8-25(15)2/h13-15,21H,5-12H2,1-4H3,(H,22,27)(H,23,30)(H,24,29)/t14-,15-,20+/m0/s1. The highest BCUT2D eigenvalue weighted by molar-refractivity contribution is 7.98. The number of ether oxygens (including phenoxy) is 1. The van der Waals surface area contributed by atoms with E-state index < -0.39 is 29.4 Å². The molecule has 3 amide bonds. The summed E-state index contributed by atoms with van der Waals surface area (Å²) in [5.74, 6) is -1.03. The van der Waals surface area contributed by atoms with Crippen LogP contribution in [0.25, 0.3) is 0 Å². The van der Waals surface area contributed by atoms with Crippen LogP contribution in [0.3, 0.4) is 0 Å². The summed E-state index contributed by atoms with van der Waals surface area (Å²) in [4.78, 5) is 62.0. The Balaban J connectivity index is 2.63. The number of rotatable bonds is 14. The Morgan fingerprint density at radius 1 is 1.28 bits per heavy atom. The average Bonchev–Trinajstić information content (AvgIpc) is 3.20. The highest BCUT2D eigenvalue weighted by Gasteiger charge is 2.33. The Labute approximate surface area is 193 Å². The molecule has 0 radical (unpaired) electrons. The van der Waals surface area contributed by atoms with E-state index in [0.717, 1.165) is 19.4 Å². The molecule has 0 aromatic rings. The molecular formula is C20H35N5O6S. The van der Waals surface area contributed by atoms with Crippen molar-refractivity contribution in [2.24, 2.45) is 0 Å². The quantitative estimate of drug-likeness (QED) is 0.171. The summed E-state index contributed by atoms with van der Waals surface area (Å²) in [7, 11) is 3.09. The van der Waals surface area contributed by atoms with Crippen molar-refractivity contribution in [1.29, 1.82) is 0 Å². The van der Waals surface area contributed by atoms with Crippen molar-refractivity contribution in [2.45, 2.75) is 43.8 Å². The molecule has 0 saturated carbocycles. The lowest BCUT2D eigenvalue weighted by molar-refractivity contribution is -0.141. The molecular weight excluding hydrogens is 438 g/mol. The number of nitrogens with one attached hydrogen (secondary N) is 4. The zero-order valence-corrected chi connectivity index (χ0v) is 20.0. The Bertz CT molecular complexity index is 679. The molecule has 1 heterocycles. The van der Waals surface area contributed by atoms with Gasteiger partial charge in [-0.15, -0.1) is 0 Å². The maximum Gasteiger partial charge on any atom is 0.325 e. The van der Waals surface area contributed by atoms with Gasteiger partial charge in [-0.3, -0.25) is 24.1 Å². The van der Waals surface area contributed by atoms with E-state index in [4.69, 9.17) is 0 Å². The van der Waals surface area contributed by atoms with E-state index in [0.29, 0.717) is 18.5 Å². The van der Waals surface area contributed by atoms with Gasteiger partial charge in [0.1, 0.15) is 24.4 Å². The van der Waals surface area contributed by atoms with E-state index in [1.165, 1.54) is 14.0 Å². The van der Waals surface area contributed by atoms with E-state index in [9.17, 15) is 24.0 Å². The van der Waals surface area contributed by atoms with Crippen LogP contribution in [0.15, 0.2) is 0 Å². The highest BCUT2D eigenvalue weighted by atomic mass is 32.2. The van der Waals surface area contributed by atoms with Crippen LogP contribution in [-0.2, 0) is 28.7 Å². The summed E-state index contributed by atoms with van der Waals surface area (Å²) in [6.45, 7) is 1.93. The van der Waals surface area contributed by atoms with E-state index >= 15 is 0 Å². The number of likely N-dealkylation sites (tertiary alicyclic amines) is 1. The Hall–Kier alpha value is -2.18. The van der Waals surface area contributed by atoms with Crippen LogP contribution >= 0.6 is 11.8 Å². The van der Waals surface area contributed by atoms with Crippen molar-refractivity contribution >= 4 is 41.7 Å². The number of hydrogen-bond donors (Lipinski definition) is 4. The second-order valence-electron chi connectivity index (χ2n) is 7.96. The molecule has 3 atom stereocenters. The first-order chi connectivity index (χ1) is 15.2. The predicted molar refractivity (Wildman–Crippen MR) is 121 cm³/mol. The molecule has 182 valence electrons. The number of nitrogens with zero attached hydrogens (tertiary/aromatic N) is 1. The number of carbonyl (C=O) groups excluding carboxylic acids is 5. The predicted octanol–water partition coefficient (Wildman–Crippen LogP) is -1.73. The molecule has 12 heteroatoms. The summed E-state index contributed by atoms with van der Waals surface area (Å²) >= 11 is 1.56. The van der Waals surface area contributed by atoms with Crippen molar-refractivity contribution in [1.82, 2.24) is 26.2 Å². The van der Waals surface area contributed by atoms with E-state index in [2.05, 4.69) is 26.0 Å². The molecule has 1 aliphatic rings. The fraction of sp³-hybridized carbons (Fsp3) is 0.750. The van der Waals surface area contributed by atoms with Crippen LogP contribution < -0.4 is 21.3 Å². The third-order valence-electron chi connectivity index (χ3n) is 5.17. The fourth-order valence-corrected chi connectivity index (χ4v) is 3.71. The van der Waals surface area contributed by atoms with Crippen LogP contribution in [0.1, 0.15) is 26.2 Å². The molecule has 1 fully saturated rings. The number of methoxy groups -OCH3 is 1. The topological polar surface area (TPSA) is 146 Å². The van der Waals surface area contributed by atoms with Gasteiger partial charge in [0.2, 0.25) is 17.7 Å². The molecule has 11 nitrogen and oxygen atoms in total. The van der Waals surface area contributed by atoms with Gasteiger partial charge >= 0.3 is 5.97 Å². The highest BCUT2D eigenvalue weighted by Crippen LogP contribution is 2.15. The van der Waals surface area contributed by atoms with Gasteiger partial charge in [-0.1, -0.05) is 0 Å². The van der Waals surface area contributed by atoms with E-state index in [1.807, 2.05) is 18.2 Å². The first-order valence-electron chi connectivity index (χ1n) is 10.5. The number of esters is 1. The summed E-state index contributed by atoms with van der Waals surface area (Å²) in [6.07, 6.45) is 4.59. The lowest BCUT2D eigenvalue weighted by Gasteiger charge is -2.29. The first kappa shape index (κ1) is 27.9. The number of thioether (sulfide) groups is 1. The smallest absolute Gasteiger partial charge is 0.325 e. The first-order valence-corrected chi connectivity index (χ1v) is 11.9. The minimum atomic E-state index is -1.29. The molecule has 1 rings (SSSR count). The number of amides is 3. The zero-order valence-electron chi connectivity index (χ0n) is 19.2. The Morgan fingerprint density at radius 2 is 2.00 bits per heavy atom. The lowest BCUT2D eigenvalue weighted by atomic mass is 10.0. The van der Waals surface area contributed by atoms with Crippen LogP contribution in [0, 0.1) is 0 Å². The van der Waals surface area contributed by atoms with E-state index in [1.54, 1.807) is 11.8 Å². The van der Waals surface area contributed by atoms with Crippen LogP contribution in [0.5, 0.6) is 0 Å². The molecule has 0 spiro atoms. The van der Waals surface area contributed by atoms with Crippen molar-refractivity contribution in [3.63, 3.8) is 0 Å². The van der Waals surface area contributed by atoms with Gasteiger partial charge in [0.05, 0.1) is 19.7 Å². The second-order valence-corrected chi connectivity index (χ2v) is 8.95. The van der Waals surface area contributed by atoms with Crippen LogP contribution in [-0.4, -0.2) is 105 Å². The van der Waals surface area contributed by atoms with Gasteiger partial charge in [0.15, 0.2) is 0 Å². The van der Waals surface area contributed by atoms with Crippen LogP contribution in [0.4, 0.5) is 0 Å².